The Kier molecular flexibility index (Phi) is 3.08. The van der Waals surface area contributed by atoms with Crippen molar-refractivity contribution < 1.29 is 4.74 Å². The fraction of sp³-hybridized carbons (Fsp3) is 0.294. The van der Waals surface area contributed by atoms with Gasteiger partial charge in [-0.3, -0.25) is 0 Å². The predicted octanol–water partition coefficient (Wildman–Crippen LogP) is 3.86. The third-order valence-corrected chi connectivity index (χ3v) is 4.57. The molecule has 1 aromatic carbocycles. The van der Waals surface area contributed by atoms with Gasteiger partial charge in [-0.15, -0.1) is 0 Å². The summed E-state index contributed by atoms with van der Waals surface area (Å²) in [6.07, 6.45) is 5.42. The third-order valence-electron chi connectivity index (χ3n) is 4.26. The average molecular weight is 314 g/mol. The molecule has 2 aromatic heterocycles. The Morgan fingerprint density at radius 2 is 2.14 bits per heavy atom. The summed E-state index contributed by atoms with van der Waals surface area (Å²) in [6, 6.07) is 5.71. The highest BCUT2D eigenvalue weighted by Crippen LogP contribution is 2.36. The zero-order chi connectivity index (χ0) is 15.3. The van der Waals surface area contributed by atoms with Gasteiger partial charge < -0.3 is 4.74 Å². The predicted molar refractivity (Wildman–Crippen MR) is 86.7 cm³/mol. The minimum absolute atomic E-state index is 0.652. The molecule has 0 bridgehead atoms. The Balaban J connectivity index is 1.96. The molecule has 5 heteroatoms. The molecule has 1 aliphatic rings. The lowest BCUT2D eigenvalue weighted by atomic mass is 10.1. The van der Waals surface area contributed by atoms with E-state index in [4.69, 9.17) is 21.3 Å². The molecule has 0 N–H and O–H groups in total. The van der Waals surface area contributed by atoms with E-state index in [1.165, 1.54) is 17.7 Å². The Morgan fingerprint density at radius 3 is 2.91 bits per heavy atom. The lowest BCUT2D eigenvalue weighted by Crippen LogP contribution is -1.96. The fourth-order valence-corrected chi connectivity index (χ4v) is 3.43. The van der Waals surface area contributed by atoms with Gasteiger partial charge >= 0.3 is 0 Å². The van der Waals surface area contributed by atoms with E-state index in [2.05, 4.69) is 11.3 Å². The standard InChI is InChI=1S/C17H16ClN3O/c1-10-16(13-7-6-12(22-2)8-14(13)18)17-19-15-5-3-4-11(15)9-21(17)20-10/h6-9H,3-5H2,1-2H3. The smallest absolute Gasteiger partial charge is 0.163 e. The summed E-state index contributed by atoms with van der Waals surface area (Å²) in [6.45, 7) is 2.00. The van der Waals surface area contributed by atoms with Crippen LogP contribution in [0.25, 0.3) is 16.8 Å². The van der Waals surface area contributed by atoms with Crippen LogP contribution in [0.15, 0.2) is 24.4 Å². The van der Waals surface area contributed by atoms with Crippen molar-refractivity contribution in [3.63, 3.8) is 0 Å². The summed E-state index contributed by atoms with van der Waals surface area (Å²) >= 11 is 6.44. The Labute approximate surface area is 133 Å². The van der Waals surface area contributed by atoms with Crippen LogP contribution in [0, 0.1) is 6.92 Å². The van der Waals surface area contributed by atoms with Gasteiger partial charge in [0, 0.05) is 17.5 Å². The first kappa shape index (κ1) is 13.6. The second-order valence-corrected chi connectivity index (χ2v) is 6.05. The van der Waals surface area contributed by atoms with E-state index >= 15 is 0 Å². The van der Waals surface area contributed by atoms with Gasteiger partial charge in [0.2, 0.25) is 0 Å². The molecule has 0 spiro atoms. The van der Waals surface area contributed by atoms with Gasteiger partial charge in [-0.05, 0) is 49.9 Å². The van der Waals surface area contributed by atoms with Crippen molar-refractivity contribution in [2.75, 3.05) is 7.11 Å². The lowest BCUT2D eigenvalue weighted by molar-refractivity contribution is 0.415. The molecule has 4 nitrogen and oxygen atoms in total. The number of halogens is 1. The van der Waals surface area contributed by atoms with Crippen molar-refractivity contribution >= 4 is 17.2 Å². The first-order valence-corrected chi connectivity index (χ1v) is 7.77. The van der Waals surface area contributed by atoms with E-state index in [9.17, 15) is 0 Å². The molecule has 2 heterocycles. The van der Waals surface area contributed by atoms with Crippen LogP contribution in [0.4, 0.5) is 0 Å². The summed E-state index contributed by atoms with van der Waals surface area (Å²) in [5, 5.41) is 5.27. The van der Waals surface area contributed by atoms with Gasteiger partial charge in [-0.2, -0.15) is 5.10 Å². The van der Waals surface area contributed by atoms with Gasteiger partial charge in [0.15, 0.2) is 5.65 Å². The van der Waals surface area contributed by atoms with Gasteiger partial charge in [0.1, 0.15) is 5.75 Å². The Hall–Kier alpha value is -2.07. The molecule has 0 saturated heterocycles. The second-order valence-electron chi connectivity index (χ2n) is 5.64. The monoisotopic (exact) mass is 313 g/mol. The van der Waals surface area contributed by atoms with Crippen molar-refractivity contribution in [2.45, 2.75) is 26.2 Å². The van der Waals surface area contributed by atoms with E-state index in [1.54, 1.807) is 7.11 Å². The van der Waals surface area contributed by atoms with Crippen molar-refractivity contribution in [2.24, 2.45) is 0 Å². The molecule has 0 aliphatic heterocycles. The molecule has 3 aromatic rings. The zero-order valence-electron chi connectivity index (χ0n) is 12.6. The quantitative estimate of drug-likeness (QED) is 0.721. The van der Waals surface area contributed by atoms with Gasteiger partial charge in [0.05, 0.1) is 23.4 Å². The van der Waals surface area contributed by atoms with Gasteiger partial charge in [-0.1, -0.05) is 11.6 Å². The summed E-state index contributed by atoms with van der Waals surface area (Å²) in [4.78, 5) is 4.85. The molecule has 0 atom stereocenters. The van der Waals surface area contributed by atoms with E-state index in [0.717, 1.165) is 41.1 Å². The molecule has 0 fully saturated rings. The molecule has 0 saturated carbocycles. The first-order chi connectivity index (χ1) is 10.7. The van der Waals surface area contributed by atoms with Gasteiger partial charge in [0.25, 0.3) is 0 Å². The zero-order valence-corrected chi connectivity index (χ0v) is 13.3. The highest BCUT2D eigenvalue weighted by atomic mass is 35.5. The molecule has 4 rings (SSSR count). The van der Waals surface area contributed by atoms with Crippen molar-refractivity contribution in [1.82, 2.24) is 14.6 Å². The van der Waals surface area contributed by atoms with Crippen LogP contribution in [-0.2, 0) is 12.8 Å². The Morgan fingerprint density at radius 1 is 1.27 bits per heavy atom. The summed E-state index contributed by atoms with van der Waals surface area (Å²) in [5.74, 6) is 0.747. The normalized spacial score (nSPS) is 13.6. The number of methoxy groups -OCH3 is 1. The Bertz CT molecular complexity index is 885. The van der Waals surface area contributed by atoms with Crippen LogP contribution in [0.2, 0.25) is 5.02 Å². The van der Waals surface area contributed by atoms with Crippen LogP contribution in [-0.4, -0.2) is 21.7 Å². The minimum Gasteiger partial charge on any atom is -0.497 e. The highest BCUT2D eigenvalue weighted by molar-refractivity contribution is 6.33. The third kappa shape index (κ3) is 1.98. The van der Waals surface area contributed by atoms with E-state index in [-0.39, 0.29) is 0 Å². The van der Waals surface area contributed by atoms with E-state index in [1.807, 2.05) is 29.6 Å². The topological polar surface area (TPSA) is 39.4 Å². The number of fused-ring (bicyclic) bond motifs is 2. The molecule has 0 amide bonds. The van der Waals surface area contributed by atoms with Crippen LogP contribution in [0.3, 0.4) is 0 Å². The first-order valence-electron chi connectivity index (χ1n) is 7.39. The SMILES string of the molecule is COc1ccc(-c2c(C)nn3cc4c(nc23)CCC4)c(Cl)c1. The molecule has 1 aliphatic carbocycles. The highest BCUT2D eigenvalue weighted by Gasteiger charge is 2.20. The summed E-state index contributed by atoms with van der Waals surface area (Å²) < 4.78 is 7.11. The average Bonchev–Trinajstić information content (AvgIpc) is 3.07. The maximum absolute atomic E-state index is 6.44. The summed E-state index contributed by atoms with van der Waals surface area (Å²) in [7, 11) is 1.64. The summed E-state index contributed by atoms with van der Waals surface area (Å²) in [5.41, 5.74) is 6.26. The maximum atomic E-state index is 6.44. The number of nitrogens with zero attached hydrogens (tertiary/aromatic N) is 3. The van der Waals surface area contributed by atoms with Crippen LogP contribution >= 0.6 is 11.6 Å². The number of aromatic nitrogens is 3. The molecule has 22 heavy (non-hydrogen) atoms. The number of benzene rings is 1. The molecule has 112 valence electrons. The van der Waals surface area contributed by atoms with Crippen LogP contribution in [0.1, 0.15) is 23.4 Å². The molecule has 0 unspecified atom stereocenters. The number of aryl methyl sites for hydroxylation is 3. The van der Waals surface area contributed by atoms with Crippen molar-refractivity contribution in [1.29, 1.82) is 0 Å². The maximum Gasteiger partial charge on any atom is 0.163 e. The largest absolute Gasteiger partial charge is 0.497 e. The number of hydrogen-bond acceptors (Lipinski definition) is 3. The number of hydrogen-bond donors (Lipinski definition) is 0. The van der Waals surface area contributed by atoms with Crippen molar-refractivity contribution in [3.05, 3.63) is 46.4 Å². The van der Waals surface area contributed by atoms with Gasteiger partial charge in [-0.25, -0.2) is 9.50 Å². The molecular formula is C17H16ClN3O. The van der Waals surface area contributed by atoms with Crippen LogP contribution in [0.5, 0.6) is 5.75 Å². The minimum atomic E-state index is 0.652. The van der Waals surface area contributed by atoms with E-state index in [0.29, 0.717) is 5.02 Å². The molecule has 0 radical (unpaired) electrons. The number of ether oxygens (including phenoxy) is 1. The molecular weight excluding hydrogens is 298 g/mol. The van der Waals surface area contributed by atoms with Crippen LogP contribution < -0.4 is 4.74 Å². The fourth-order valence-electron chi connectivity index (χ4n) is 3.17. The lowest BCUT2D eigenvalue weighted by Gasteiger charge is -2.07. The van der Waals surface area contributed by atoms with Crippen molar-refractivity contribution in [3.8, 4) is 16.9 Å². The van der Waals surface area contributed by atoms with E-state index < -0.39 is 0 Å². The number of rotatable bonds is 2. The second kappa shape index (κ2) is 4.99.